The number of phenolic OH excluding ortho intramolecular Hbond substituents is 1. The number of hydrogen-bond donors (Lipinski definition) is 2. The van der Waals surface area contributed by atoms with Crippen LogP contribution in [0.15, 0.2) is 48.0 Å². The van der Waals surface area contributed by atoms with Crippen LogP contribution in [0.1, 0.15) is 12.5 Å². The van der Waals surface area contributed by atoms with Crippen molar-refractivity contribution in [2.24, 2.45) is 0 Å². The summed E-state index contributed by atoms with van der Waals surface area (Å²) in [5.41, 5.74) is 0.398. The van der Waals surface area contributed by atoms with Crippen LogP contribution in [0, 0.1) is 0 Å². The number of urea groups is 1. The number of nitrogens with zero attached hydrogens (tertiary/aromatic N) is 1. The summed E-state index contributed by atoms with van der Waals surface area (Å²) in [5, 5.41) is 11.7. The quantitative estimate of drug-likeness (QED) is 0.621. The maximum Gasteiger partial charge on any atom is 0.336 e. The van der Waals surface area contributed by atoms with E-state index in [0.29, 0.717) is 17.9 Å². The number of carbonyl (C=O) groups is 3. The van der Waals surface area contributed by atoms with E-state index in [0.717, 1.165) is 4.90 Å². The van der Waals surface area contributed by atoms with Crippen LogP contribution in [0.25, 0.3) is 6.08 Å². The minimum absolute atomic E-state index is 0.0719. The molecule has 0 radical (unpaired) electrons. The number of para-hydroxylation sites is 2. The van der Waals surface area contributed by atoms with Crippen LogP contribution < -0.4 is 15.0 Å². The predicted molar refractivity (Wildman–Crippen MR) is 99.7 cm³/mol. The molecule has 0 saturated carbocycles. The number of imide groups is 2. The highest BCUT2D eigenvalue weighted by Crippen LogP contribution is 2.31. The van der Waals surface area contributed by atoms with Gasteiger partial charge < -0.3 is 9.84 Å². The van der Waals surface area contributed by atoms with Gasteiger partial charge in [-0.25, -0.2) is 9.69 Å². The lowest BCUT2D eigenvalue weighted by Gasteiger charge is -2.27. The normalized spacial score (nSPS) is 15.9. The second-order valence-electron chi connectivity index (χ2n) is 5.57. The lowest BCUT2D eigenvalue weighted by atomic mass is 10.1. The average molecular weight is 387 g/mol. The van der Waals surface area contributed by atoms with Crippen molar-refractivity contribution in [3.63, 3.8) is 0 Å². The largest absolute Gasteiger partial charge is 0.506 e. The van der Waals surface area contributed by atoms with Crippen LogP contribution in [0.2, 0.25) is 5.02 Å². The predicted octanol–water partition coefficient (Wildman–Crippen LogP) is 3.11. The third-order valence-electron chi connectivity index (χ3n) is 3.79. The first-order valence-electron chi connectivity index (χ1n) is 8.04. The Morgan fingerprint density at radius 2 is 1.93 bits per heavy atom. The van der Waals surface area contributed by atoms with Gasteiger partial charge in [0.25, 0.3) is 11.8 Å². The molecule has 0 bridgehead atoms. The minimum atomic E-state index is -0.863. The van der Waals surface area contributed by atoms with Crippen LogP contribution in [-0.4, -0.2) is 29.6 Å². The van der Waals surface area contributed by atoms with E-state index < -0.39 is 17.8 Å². The van der Waals surface area contributed by atoms with E-state index in [1.165, 1.54) is 24.3 Å². The van der Waals surface area contributed by atoms with Gasteiger partial charge >= 0.3 is 6.03 Å². The van der Waals surface area contributed by atoms with E-state index in [1.54, 1.807) is 31.2 Å². The topological polar surface area (TPSA) is 95.9 Å². The number of carbonyl (C=O) groups excluding carboxylic acids is 3. The Hall–Kier alpha value is -3.32. The van der Waals surface area contributed by atoms with Crippen molar-refractivity contribution in [1.82, 2.24) is 5.32 Å². The molecule has 0 aromatic heterocycles. The molecule has 1 aliphatic rings. The summed E-state index contributed by atoms with van der Waals surface area (Å²) in [6, 6.07) is 9.90. The van der Waals surface area contributed by atoms with Gasteiger partial charge in [0.15, 0.2) is 0 Å². The van der Waals surface area contributed by atoms with Crippen LogP contribution in [0.4, 0.5) is 10.5 Å². The molecule has 0 aliphatic carbocycles. The van der Waals surface area contributed by atoms with E-state index in [9.17, 15) is 19.5 Å². The van der Waals surface area contributed by atoms with Gasteiger partial charge in [-0.15, -0.1) is 0 Å². The molecule has 2 aromatic rings. The zero-order valence-corrected chi connectivity index (χ0v) is 15.0. The molecular formula is C19H15ClN2O5. The summed E-state index contributed by atoms with van der Waals surface area (Å²) in [5.74, 6) is -1.40. The molecule has 0 unspecified atom stereocenters. The highest BCUT2D eigenvalue weighted by Gasteiger charge is 2.38. The summed E-state index contributed by atoms with van der Waals surface area (Å²) in [7, 11) is 0. The highest BCUT2D eigenvalue weighted by molar-refractivity contribution is 6.39. The van der Waals surface area contributed by atoms with Crippen molar-refractivity contribution in [1.29, 1.82) is 0 Å². The van der Waals surface area contributed by atoms with Gasteiger partial charge in [-0.2, -0.15) is 0 Å². The Morgan fingerprint density at radius 3 is 2.63 bits per heavy atom. The van der Waals surface area contributed by atoms with Gasteiger partial charge in [0.2, 0.25) is 0 Å². The molecule has 138 valence electrons. The first-order valence-corrected chi connectivity index (χ1v) is 8.42. The number of aromatic hydroxyl groups is 1. The van der Waals surface area contributed by atoms with Crippen molar-refractivity contribution in [3.05, 3.63) is 58.6 Å². The average Bonchev–Trinajstić information content (AvgIpc) is 2.63. The minimum Gasteiger partial charge on any atom is -0.506 e. The number of rotatable bonds is 4. The van der Waals surface area contributed by atoms with Crippen LogP contribution in [0.3, 0.4) is 0 Å². The number of anilines is 1. The van der Waals surface area contributed by atoms with E-state index >= 15 is 0 Å². The number of hydrogen-bond acceptors (Lipinski definition) is 5. The van der Waals surface area contributed by atoms with Gasteiger partial charge in [0, 0.05) is 0 Å². The van der Waals surface area contributed by atoms with Crippen molar-refractivity contribution < 1.29 is 24.2 Å². The van der Waals surface area contributed by atoms with Crippen LogP contribution in [0.5, 0.6) is 11.5 Å². The zero-order chi connectivity index (χ0) is 19.6. The second-order valence-corrected chi connectivity index (χ2v) is 5.98. The molecule has 2 N–H and O–H groups in total. The fraction of sp³-hybridized carbons (Fsp3) is 0.105. The fourth-order valence-electron chi connectivity index (χ4n) is 2.58. The monoisotopic (exact) mass is 386 g/mol. The molecule has 7 nitrogen and oxygen atoms in total. The lowest BCUT2D eigenvalue weighted by molar-refractivity contribution is -0.122. The number of barbiturate groups is 1. The smallest absolute Gasteiger partial charge is 0.336 e. The van der Waals surface area contributed by atoms with Crippen molar-refractivity contribution in [2.75, 3.05) is 11.5 Å². The third kappa shape index (κ3) is 3.63. The molecule has 27 heavy (non-hydrogen) atoms. The lowest BCUT2D eigenvalue weighted by Crippen LogP contribution is -2.54. The summed E-state index contributed by atoms with van der Waals surface area (Å²) >= 11 is 5.86. The van der Waals surface area contributed by atoms with Crippen molar-refractivity contribution >= 4 is 41.2 Å². The molecule has 0 atom stereocenters. The second kappa shape index (κ2) is 7.51. The Kier molecular flexibility index (Phi) is 5.14. The molecule has 1 saturated heterocycles. The summed E-state index contributed by atoms with van der Waals surface area (Å²) < 4.78 is 5.47. The highest BCUT2D eigenvalue weighted by atomic mass is 35.5. The number of ether oxygens (including phenoxy) is 1. The number of phenols is 1. The van der Waals surface area contributed by atoms with Gasteiger partial charge in [-0.1, -0.05) is 29.8 Å². The van der Waals surface area contributed by atoms with Crippen LogP contribution >= 0.6 is 11.6 Å². The number of halogens is 1. The number of amides is 4. The Labute approximate surface area is 159 Å². The van der Waals surface area contributed by atoms with E-state index in [4.69, 9.17) is 16.3 Å². The van der Waals surface area contributed by atoms with E-state index in [1.807, 2.05) is 0 Å². The fourth-order valence-corrected chi connectivity index (χ4v) is 2.76. The Morgan fingerprint density at radius 1 is 1.19 bits per heavy atom. The standard InChI is InChI=1S/C19H15ClN2O5/c1-2-27-16-6-4-3-5-14(16)22-18(25)12(17(24)21-19(22)26)9-11-7-8-15(23)13(20)10-11/h3-10,23H,2H2,1H3,(H,21,24,26)/b12-9+. The molecule has 1 aliphatic heterocycles. The van der Waals surface area contributed by atoms with Gasteiger partial charge in [0.05, 0.1) is 17.3 Å². The summed E-state index contributed by atoms with van der Waals surface area (Å²) in [6.45, 7) is 2.12. The molecule has 3 rings (SSSR count). The first-order chi connectivity index (χ1) is 12.9. The zero-order valence-electron chi connectivity index (χ0n) is 14.2. The Balaban J connectivity index is 2.04. The summed E-state index contributed by atoms with van der Waals surface area (Å²) in [4.78, 5) is 38.2. The van der Waals surface area contributed by atoms with Crippen LogP contribution in [-0.2, 0) is 9.59 Å². The molecule has 1 heterocycles. The van der Waals surface area contributed by atoms with E-state index in [2.05, 4.69) is 5.32 Å². The maximum absolute atomic E-state index is 12.9. The van der Waals surface area contributed by atoms with Gasteiger partial charge in [-0.05, 0) is 42.8 Å². The Bertz CT molecular complexity index is 970. The number of nitrogens with one attached hydrogen (secondary N) is 1. The van der Waals surface area contributed by atoms with Crippen molar-refractivity contribution in [3.8, 4) is 11.5 Å². The summed E-state index contributed by atoms with van der Waals surface area (Å²) in [6.07, 6.45) is 1.30. The van der Waals surface area contributed by atoms with Crippen molar-refractivity contribution in [2.45, 2.75) is 6.92 Å². The molecular weight excluding hydrogens is 372 g/mol. The molecule has 1 fully saturated rings. The third-order valence-corrected chi connectivity index (χ3v) is 4.09. The van der Waals surface area contributed by atoms with E-state index in [-0.39, 0.29) is 22.0 Å². The molecule has 4 amide bonds. The molecule has 2 aromatic carbocycles. The number of benzene rings is 2. The first kappa shape index (κ1) is 18.5. The van der Waals surface area contributed by atoms with Gasteiger partial charge in [-0.3, -0.25) is 14.9 Å². The molecule has 8 heteroatoms. The maximum atomic E-state index is 12.9. The SMILES string of the molecule is CCOc1ccccc1N1C(=O)NC(=O)/C(=C\c2ccc(O)c(Cl)c2)C1=O. The van der Waals surface area contributed by atoms with Gasteiger partial charge in [0.1, 0.15) is 17.1 Å². The molecule has 0 spiro atoms.